The summed E-state index contributed by atoms with van der Waals surface area (Å²) in [6, 6.07) is 15.6. The quantitative estimate of drug-likeness (QED) is 0.609. The van der Waals surface area contributed by atoms with Crippen LogP contribution < -0.4 is 0 Å². The molecule has 0 fully saturated rings. The molecule has 0 radical (unpaired) electrons. The Kier molecular flexibility index (Phi) is 5.18. The number of carbonyl (C=O) groups excluding carboxylic acids is 1. The van der Waals surface area contributed by atoms with Crippen molar-refractivity contribution in [1.29, 1.82) is 0 Å². The van der Waals surface area contributed by atoms with Crippen LogP contribution >= 0.6 is 11.8 Å². The zero-order valence-electron chi connectivity index (χ0n) is 11.1. The summed E-state index contributed by atoms with van der Waals surface area (Å²) >= 11 is 1.29. The van der Waals surface area contributed by atoms with Crippen LogP contribution in [-0.4, -0.2) is 12.6 Å². The third-order valence-electron chi connectivity index (χ3n) is 2.65. The third kappa shape index (κ3) is 3.84. The Balaban J connectivity index is 2.25. The Labute approximate surface area is 122 Å². The highest BCUT2D eigenvalue weighted by atomic mass is 32.2. The molecule has 0 aliphatic carbocycles. The van der Waals surface area contributed by atoms with E-state index >= 15 is 0 Å². The van der Waals surface area contributed by atoms with Gasteiger partial charge in [-0.05, 0) is 30.7 Å². The summed E-state index contributed by atoms with van der Waals surface area (Å²) in [5.41, 5.74) is 0.847. The molecule has 0 amide bonds. The highest BCUT2D eigenvalue weighted by molar-refractivity contribution is 8.00. The molecule has 1 unspecified atom stereocenters. The summed E-state index contributed by atoms with van der Waals surface area (Å²) in [4.78, 5) is 12.8. The molecule has 0 N–H and O–H groups in total. The largest absolute Gasteiger partial charge is 0.465 e. The van der Waals surface area contributed by atoms with Gasteiger partial charge in [-0.2, -0.15) is 0 Å². The monoisotopic (exact) mass is 290 g/mol. The lowest BCUT2D eigenvalue weighted by Crippen LogP contribution is -2.13. The lowest BCUT2D eigenvalue weighted by atomic mass is 10.1. The van der Waals surface area contributed by atoms with Crippen molar-refractivity contribution in [3.8, 4) is 0 Å². The van der Waals surface area contributed by atoms with Crippen LogP contribution in [0.15, 0.2) is 59.5 Å². The predicted octanol–water partition coefficient (Wildman–Crippen LogP) is 4.22. The summed E-state index contributed by atoms with van der Waals surface area (Å²) in [6.07, 6.45) is 0. The number of benzene rings is 2. The van der Waals surface area contributed by atoms with E-state index < -0.39 is 5.25 Å². The number of halogens is 1. The summed E-state index contributed by atoms with van der Waals surface area (Å²) in [6.45, 7) is 2.10. The fourth-order valence-electron chi connectivity index (χ4n) is 1.77. The van der Waals surface area contributed by atoms with E-state index in [1.165, 1.54) is 23.9 Å². The number of rotatable bonds is 5. The number of ether oxygens (including phenoxy) is 1. The van der Waals surface area contributed by atoms with Gasteiger partial charge in [0.05, 0.1) is 6.61 Å². The van der Waals surface area contributed by atoms with E-state index in [-0.39, 0.29) is 11.8 Å². The van der Waals surface area contributed by atoms with Crippen molar-refractivity contribution in [3.63, 3.8) is 0 Å². The Morgan fingerprint density at radius 3 is 2.60 bits per heavy atom. The van der Waals surface area contributed by atoms with Crippen molar-refractivity contribution in [3.05, 3.63) is 66.0 Å². The normalized spacial score (nSPS) is 11.9. The maximum Gasteiger partial charge on any atom is 0.323 e. The van der Waals surface area contributed by atoms with Gasteiger partial charge in [-0.3, -0.25) is 4.79 Å². The Morgan fingerprint density at radius 1 is 1.20 bits per heavy atom. The van der Waals surface area contributed by atoms with Crippen molar-refractivity contribution >= 4 is 17.7 Å². The van der Waals surface area contributed by atoms with Crippen LogP contribution in [0.4, 0.5) is 4.39 Å². The molecule has 0 aliphatic rings. The van der Waals surface area contributed by atoms with Crippen molar-refractivity contribution in [2.45, 2.75) is 17.1 Å². The first kappa shape index (κ1) is 14.6. The molecule has 4 heteroatoms. The molecule has 104 valence electrons. The molecule has 0 spiro atoms. The van der Waals surface area contributed by atoms with Gasteiger partial charge >= 0.3 is 5.97 Å². The first-order valence-electron chi connectivity index (χ1n) is 6.34. The van der Waals surface area contributed by atoms with E-state index in [4.69, 9.17) is 4.74 Å². The van der Waals surface area contributed by atoms with Crippen LogP contribution in [0, 0.1) is 5.82 Å². The van der Waals surface area contributed by atoms with Gasteiger partial charge in [-0.25, -0.2) is 4.39 Å². The Hall–Kier alpha value is -1.81. The van der Waals surface area contributed by atoms with Crippen LogP contribution in [0.2, 0.25) is 0 Å². The van der Waals surface area contributed by atoms with Crippen molar-refractivity contribution < 1.29 is 13.9 Å². The fourth-order valence-corrected chi connectivity index (χ4v) is 2.84. The van der Waals surface area contributed by atoms with Crippen molar-refractivity contribution in [2.24, 2.45) is 0 Å². The first-order chi connectivity index (χ1) is 9.70. The molecule has 0 heterocycles. The molecule has 20 heavy (non-hydrogen) atoms. The number of esters is 1. The molecule has 0 aromatic heterocycles. The zero-order chi connectivity index (χ0) is 14.4. The van der Waals surface area contributed by atoms with E-state index in [2.05, 4.69) is 0 Å². The number of hydrogen-bond acceptors (Lipinski definition) is 3. The molecule has 2 aromatic rings. The average molecular weight is 290 g/mol. The van der Waals surface area contributed by atoms with Crippen LogP contribution in [0.25, 0.3) is 0 Å². The van der Waals surface area contributed by atoms with Crippen molar-refractivity contribution in [2.75, 3.05) is 6.61 Å². The van der Waals surface area contributed by atoms with Gasteiger partial charge in [0.25, 0.3) is 0 Å². The van der Waals surface area contributed by atoms with E-state index in [9.17, 15) is 9.18 Å². The predicted molar refractivity (Wildman–Crippen MR) is 78.1 cm³/mol. The molecule has 0 aliphatic heterocycles. The highest BCUT2D eigenvalue weighted by Crippen LogP contribution is 2.36. The van der Waals surface area contributed by atoms with Gasteiger partial charge in [0, 0.05) is 4.90 Å². The minimum atomic E-state index is -0.488. The van der Waals surface area contributed by atoms with Gasteiger partial charge in [0.1, 0.15) is 11.1 Å². The van der Waals surface area contributed by atoms with Crippen molar-refractivity contribution in [1.82, 2.24) is 0 Å². The first-order valence-corrected chi connectivity index (χ1v) is 7.22. The van der Waals surface area contributed by atoms with E-state index in [0.29, 0.717) is 11.5 Å². The number of hydrogen-bond donors (Lipinski definition) is 0. The van der Waals surface area contributed by atoms with Crippen LogP contribution in [0.3, 0.4) is 0 Å². The minimum absolute atomic E-state index is 0.312. The lowest BCUT2D eigenvalue weighted by molar-refractivity contribution is -0.142. The topological polar surface area (TPSA) is 26.3 Å². The summed E-state index contributed by atoms with van der Waals surface area (Å²) in [5.74, 6) is -0.626. The molecule has 2 aromatic carbocycles. The SMILES string of the molecule is CCOC(=O)C(Sc1cccc(F)c1)c1ccccc1. The highest BCUT2D eigenvalue weighted by Gasteiger charge is 2.23. The molecular weight excluding hydrogens is 275 g/mol. The summed E-state index contributed by atoms with van der Waals surface area (Å²) in [5, 5.41) is -0.488. The van der Waals surface area contributed by atoms with Gasteiger partial charge in [-0.15, -0.1) is 11.8 Å². The van der Waals surface area contributed by atoms with Crippen LogP contribution in [0.5, 0.6) is 0 Å². The summed E-state index contributed by atoms with van der Waals surface area (Å²) in [7, 11) is 0. The Morgan fingerprint density at radius 2 is 1.95 bits per heavy atom. The van der Waals surface area contributed by atoms with E-state index in [1.807, 2.05) is 30.3 Å². The molecule has 0 saturated carbocycles. The fraction of sp³-hybridized carbons (Fsp3) is 0.188. The molecule has 2 rings (SSSR count). The maximum absolute atomic E-state index is 13.2. The molecule has 1 atom stereocenters. The summed E-state index contributed by atoms with van der Waals surface area (Å²) < 4.78 is 18.3. The molecular formula is C16H15FO2S. The van der Waals surface area contributed by atoms with Crippen LogP contribution in [0.1, 0.15) is 17.7 Å². The molecule has 2 nitrogen and oxygen atoms in total. The number of thioether (sulfide) groups is 1. The maximum atomic E-state index is 13.2. The van der Waals surface area contributed by atoms with E-state index in [1.54, 1.807) is 19.1 Å². The van der Waals surface area contributed by atoms with Gasteiger partial charge in [-0.1, -0.05) is 36.4 Å². The zero-order valence-corrected chi connectivity index (χ0v) is 11.9. The third-order valence-corrected chi connectivity index (χ3v) is 3.88. The van der Waals surface area contributed by atoms with Crippen LogP contribution in [-0.2, 0) is 9.53 Å². The van der Waals surface area contributed by atoms with Gasteiger partial charge in [0.15, 0.2) is 0 Å². The second-order valence-electron chi connectivity index (χ2n) is 4.12. The van der Waals surface area contributed by atoms with Gasteiger partial charge in [0.2, 0.25) is 0 Å². The smallest absolute Gasteiger partial charge is 0.323 e. The Bertz CT molecular complexity index is 572. The second kappa shape index (κ2) is 7.10. The second-order valence-corrected chi connectivity index (χ2v) is 5.30. The minimum Gasteiger partial charge on any atom is -0.465 e. The van der Waals surface area contributed by atoms with Gasteiger partial charge < -0.3 is 4.74 Å². The molecule has 0 saturated heterocycles. The number of carbonyl (C=O) groups is 1. The lowest BCUT2D eigenvalue weighted by Gasteiger charge is -2.15. The molecule has 0 bridgehead atoms. The standard InChI is InChI=1S/C16H15FO2S/c1-2-19-16(18)15(12-7-4-3-5-8-12)20-14-10-6-9-13(17)11-14/h3-11,15H,2H2,1H3. The average Bonchev–Trinajstić information content (AvgIpc) is 2.46. The van der Waals surface area contributed by atoms with E-state index in [0.717, 1.165) is 5.56 Å².